The van der Waals surface area contributed by atoms with Crippen molar-refractivity contribution in [3.05, 3.63) is 35.9 Å². The molecular weight excluding hydrogens is 292 g/mol. The number of amides is 1. The average Bonchev–Trinajstić information content (AvgIpc) is 2.44. The number of rotatable bonds is 8. The van der Waals surface area contributed by atoms with Crippen LogP contribution in [0, 0.1) is 5.92 Å². The third kappa shape index (κ3) is 7.66. The zero-order chi connectivity index (χ0) is 16.5. The lowest BCUT2D eigenvalue weighted by molar-refractivity contribution is -0.117. The molecule has 0 saturated carbocycles. The van der Waals surface area contributed by atoms with Crippen molar-refractivity contribution >= 4 is 23.7 Å². The number of carbonyl (C=O) groups is 1. The Hall–Kier alpha value is -1.26. The van der Waals surface area contributed by atoms with E-state index in [1.807, 2.05) is 32.3 Å². The van der Waals surface area contributed by atoms with Gasteiger partial charge < -0.3 is 10.2 Å². The first-order chi connectivity index (χ1) is 10.4. The SMILES string of the molecule is CSc1ccc(/C=C/C(=O)NC(CC(C)C)CN(C)C)cc1. The second-order valence-electron chi connectivity index (χ2n) is 6.20. The molecule has 0 aliphatic heterocycles. The largest absolute Gasteiger partial charge is 0.349 e. The minimum Gasteiger partial charge on any atom is -0.349 e. The Labute approximate surface area is 139 Å². The van der Waals surface area contributed by atoms with Crippen LogP contribution >= 0.6 is 11.8 Å². The summed E-state index contributed by atoms with van der Waals surface area (Å²) >= 11 is 1.71. The van der Waals surface area contributed by atoms with Crippen LogP contribution in [0.5, 0.6) is 0 Å². The number of nitrogens with one attached hydrogen (secondary N) is 1. The summed E-state index contributed by atoms with van der Waals surface area (Å²) in [6.45, 7) is 5.22. The van der Waals surface area contributed by atoms with E-state index >= 15 is 0 Å². The lowest BCUT2D eigenvalue weighted by Gasteiger charge is -2.23. The molecule has 4 heteroatoms. The predicted octanol–water partition coefficient (Wildman–Crippen LogP) is 3.51. The van der Waals surface area contributed by atoms with E-state index in [0.29, 0.717) is 5.92 Å². The summed E-state index contributed by atoms with van der Waals surface area (Å²) in [5.41, 5.74) is 1.04. The maximum Gasteiger partial charge on any atom is 0.244 e. The highest BCUT2D eigenvalue weighted by atomic mass is 32.2. The molecule has 0 bridgehead atoms. The van der Waals surface area contributed by atoms with E-state index in [-0.39, 0.29) is 11.9 Å². The number of thioether (sulfide) groups is 1. The van der Waals surface area contributed by atoms with E-state index in [1.54, 1.807) is 17.8 Å². The Morgan fingerprint density at radius 3 is 2.41 bits per heavy atom. The monoisotopic (exact) mass is 320 g/mol. The molecule has 0 spiro atoms. The van der Waals surface area contributed by atoms with Gasteiger partial charge in [0.2, 0.25) is 5.91 Å². The predicted molar refractivity (Wildman–Crippen MR) is 97.2 cm³/mol. The van der Waals surface area contributed by atoms with Crippen LogP contribution in [0.3, 0.4) is 0 Å². The third-order valence-electron chi connectivity index (χ3n) is 3.23. The standard InChI is InChI=1S/C18H28N2OS/c1-14(2)12-16(13-20(3)4)19-18(21)11-8-15-6-9-17(22-5)10-7-15/h6-11,14,16H,12-13H2,1-5H3,(H,19,21)/b11-8+. The van der Waals surface area contributed by atoms with Crippen molar-refractivity contribution in [1.29, 1.82) is 0 Å². The first-order valence-electron chi connectivity index (χ1n) is 7.68. The Morgan fingerprint density at radius 2 is 1.91 bits per heavy atom. The molecule has 1 unspecified atom stereocenters. The van der Waals surface area contributed by atoms with E-state index in [1.165, 1.54) is 4.90 Å². The van der Waals surface area contributed by atoms with Crippen molar-refractivity contribution in [3.63, 3.8) is 0 Å². The number of hydrogen-bond donors (Lipinski definition) is 1. The Bertz CT molecular complexity index is 470. The second kappa shape index (κ2) is 9.70. The highest BCUT2D eigenvalue weighted by Crippen LogP contribution is 2.15. The molecule has 0 heterocycles. The quantitative estimate of drug-likeness (QED) is 0.587. The molecule has 0 saturated heterocycles. The van der Waals surface area contributed by atoms with Gasteiger partial charge in [0, 0.05) is 23.6 Å². The molecule has 1 aromatic carbocycles. The van der Waals surface area contributed by atoms with Gasteiger partial charge in [-0.1, -0.05) is 26.0 Å². The lowest BCUT2D eigenvalue weighted by atomic mass is 10.0. The maximum atomic E-state index is 12.1. The number of nitrogens with zero attached hydrogens (tertiary/aromatic N) is 1. The molecule has 0 aromatic heterocycles. The zero-order valence-electron chi connectivity index (χ0n) is 14.3. The number of benzene rings is 1. The molecule has 0 fully saturated rings. The molecule has 0 radical (unpaired) electrons. The Kier molecular flexibility index (Phi) is 8.28. The summed E-state index contributed by atoms with van der Waals surface area (Å²) in [5, 5.41) is 3.10. The summed E-state index contributed by atoms with van der Waals surface area (Å²) in [6, 6.07) is 8.37. The van der Waals surface area contributed by atoms with Gasteiger partial charge in [0.25, 0.3) is 0 Å². The van der Waals surface area contributed by atoms with Gasteiger partial charge >= 0.3 is 0 Å². The molecule has 22 heavy (non-hydrogen) atoms. The summed E-state index contributed by atoms with van der Waals surface area (Å²) in [5.74, 6) is 0.537. The molecular formula is C18H28N2OS. The first kappa shape index (κ1) is 18.8. The summed E-state index contributed by atoms with van der Waals surface area (Å²) in [6.07, 6.45) is 6.52. The molecule has 1 aromatic rings. The molecule has 3 nitrogen and oxygen atoms in total. The highest BCUT2D eigenvalue weighted by molar-refractivity contribution is 7.98. The van der Waals surface area contributed by atoms with Crippen LogP contribution in [0.1, 0.15) is 25.8 Å². The van der Waals surface area contributed by atoms with Crippen LogP contribution in [0.25, 0.3) is 6.08 Å². The van der Waals surface area contributed by atoms with E-state index in [4.69, 9.17) is 0 Å². The van der Waals surface area contributed by atoms with Gasteiger partial charge in [0.1, 0.15) is 0 Å². The minimum atomic E-state index is -0.0264. The smallest absolute Gasteiger partial charge is 0.244 e. The zero-order valence-corrected chi connectivity index (χ0v) is 15.1. The second-order valence-corrected chi connectivity index (χ2v) is 7.08. The van der Waals surface area contributed by atoms with E-state index < -0.39 is 0 Å². The Morgan fingerprint density at radius 1 is 1.27 bits per heavy atom. The summed E-state index contributed by atoms with van der Waals surface area (Å²) in [7, 11) is 4.06. The van der Waals surface area contributed by atoms with Gasteiger partial charge in [-0.05, 0) is 56.5 Å². The van der Waals surface area contributed by atoms with Crippen LogP contribution in [0.2, 0.25) is 0 Å². The van der Waals surface area contributed by atoms with Gasteiger partial charge in [0.15, 0.2) is 0 Å². The fourth-order valence-corrected chi connectivity index (χ4v) is 2.73. The molecule has 122 valence electrons. The highest BCUT2D eigenvalue weighted by Gasteiger charge is 2.13. The first-order valence-corrected chi connectivity index (χ1v) is 8.90. The van der Waals surface area contributed by atoms with Crippen molar-refractivity contribution in [2.75, 3.05) is 26.9 Å². The van der Waals surface area contributed by atoms with Crippen LogP contribution in [0.15, 0.2) is 35.2 Å². The van der Waals surface area contributed by atoms with E-state index in [2.05, 4.69) is 42.5 Å². The van der Waals surface area contributed by atoms with Gasteiger partial charge in [0.05, 0.1) is 0 Å². The van der Waals surface area contributed by atoms with Crippen molar-refractivity contribution in [1.82, 2.24) is 10.2 Å². The van der Waals surface area contributed by atoms with Crippen molar-refractivity contribution < 1.29 is 4.79 Å². The van der Waals surface area contributed by atoms with Crippen molar-refractivity contribution in [2.24, 2.45) is 5.92 Å². The fraction of sp³-hybridized carbons (Fsp3) is 0.500. The number of carbonyl (C=O) groups excluding carboxylic acids is 1. The number of hydrogen-bond acceptors (Lipinski definition) is 3. The third-order valence-corrected chi connectivity index (χ3v) is 3.97. The minimum absolute atomic E-state index is 0.0264. The van der Waals surface area contributed by atoms with Gasteiger partial charge in [-0.3, -0.25) is 4.79 Å². The van der Waals surface area contributed by atoms with Gasteiger partial charge in [-0.2, -0.15) is 0 Å². The Balaban J connectivity index is 2.59. The van der Waals surface area contributed by atoms with Crippen LogP contribution < -0.4 is 5.32 Å². The van der Waals surface area contributed by atoms with E-state index in [9.17, 15) is 4.79 Å². The molecule has 1 rings (SSSR count). The topological polar surface area (TPSA) is 32.3 Å². The maximum absolute atomic E-state index is 12.1. The molecule has 0 aliphatic rings. The fourth-order valence-electron chi connectivity index (χ4n) is 2.33. The summed E-state index contributed by atoms with van der Waals surface area (Å²) in [4.78, 5) is 15.4. The summed E-state index contributed by atoms with van der Waals surface area (Å²) < 4.78 is 0. The lowest BCUT2D eigenvalue weighted by Crippen LogP contribution is -2.41. The van der Waals surface area contributed by atoms with Crippen LogP contribution in [-0.2, 0) is 4.79 Å². The van der Waals surface area contributed by atoms with Gasteiger partial charge in [-0.15, -0.1) is 11.8 Å². The molecule has 1 N–H and O–H groups in total. The van der Waals surface area contributed by atoms with Crippen LogP contribution in [0.4, 0.5) is 0 Å². The average molecular weight is 321 g/mol. The van der Waals surface area contributed by atoms with E-state index in [0.717, 1.165) is 18.5 Å². The van der Waals surface area contributed by atoms with Crippen LogP contribution in [-0.4, -0.2) is 43.7 Å². The van der Waals surface area contributed by atoms with Crippen molar-refractivity contribution in [3.8, 4) is 0 Å². The molecule has 1 atom stereocenters. The molecule has 0 aliphatic carbocycles. The molecule has 1 amide bonds. The van der Waals surface area contributed by atoms with Gasteiger partial charge in [-0.25, -0.2) is 0 Å². The number of likely N-dealkylation sites (N-methyl/N-ethyl adjacent to an activating group) is 1. The normalized spacial score (nSPS) is 13.0. The van der Waals surface area contributed by atoms with Crippen molar-refractivity contribution in [2.45, 2.75) is 31.2 Å².